The molecular formula is C14H20FN. The molecule has 1 saturated carbocycles. The van der Waals surface area contributed by atoms with Gasteiger partial charge >= 0.3 is 0 Å². The van der Waals surface area contributed by atoms with E-state index in [4.69, 9.17) is 0 Å². The molecule has 1 atom stereocenters. The van der Waals surface area contributed by atoms with Gasteiger partial charge in [0.15, 0.2) is 0 Å². The van der Waals surface area contributed by atoms with E-state index in [9.17, 15) is 4.39 Å². The van der Waals surface area contributed by atoms with Crippen molar-refractivity contribution in [3.8, 4) is 0 Å². The molecule has 0 aromatic heterocycles. The Balaban J connectivity index is 1.85. The summed E-state index contributed by atoms with van der Waals surface area (Å²) < 4.78 is 13.0. The summed E-state index contributed by atoms with van der Waals surface area (Å²) in [6.07, 6.45) is 4.83. The van der Waals surface area contributed by atoms with Gasteiger partial charge in [-0.05, 0) is 55.8 Å². The van der Waals surface area contributed by atoms with E-state index in [-0.39, 0.29) is 5.82 Å². The fourth-order valence-corrected chi connectivity index (χ4v) is 2.28. The molecule has 16 heavy (non-hydrogen) atoms. The monoisotopic (exact) mass is 221 g/mol. The summed E-state index contributed by atoms with van der Waals surface area (Å²) in [5.74, 6) is 0.748. The van der Waals surface area contributed by atoms with E-state index in [0.29, 0.717) is 6.04 Å². The number of hydrogen-bond acceptors (Lipinski definition) is 1. The van der Waals surface area contributed by atoms with Crippen LogP contribution in [0.15, 0.2) is 24.3 Å². The first-order valence-corrected chi connectivity index (χ1v) is 6.27. The van der Waals surface area contributed by atoms with E-state index in [1.807, 2.05) is 6.07 Å². The van der Waals surface area contributed by atoms with Crippen LogP contribution in [0.5, 0.6) is 0 Å². The zero-order chi connectivity index (χ0) is 11.4. The molecule has 0 radical (unpaired) electrons. The van der Waals surface area contributed by atoms with Crippen molar-refractivity contribution in [3.05, 3.63) is 35.6 Å². The predicted octanol–water partition coefficient (Wildman–Crippen LogP) is 3.15. The Labute approximate surface area is 97.1 Å². The molecule has 0 bridgehead atoms. The number of nitrogens with one attached hydrogen (secondary N) is 1. The summed E-state index contributed by atoms with van der Waals surface area (Å²) >= 11 is 0. The van der Waals surface area contributed by atoms with Gasteiger partial charge in [-0.1, -0.05) is 19.1 Å². The van der Waals surface area contributed by atoms with Crippen LogP contribution in [0.25, 0.3) is 0 Å². The minimum absolute atomic E-state index is 0.121. The van der Waals surface area contributed by atoms with Crippen molar-refractivity contribution < 1.29 is 4.39 Å². The lowest BCUT2D eigenvalue weighted by molar-refractivity contribution is 0.446. The molecule has 0 amide bonds. The molecular weight excluding hydrogens is 201 g/mol. The fraction of sp³-hybridized carbons (Fsp3) is 0.571. The van der Waals surface area contributed by atoms with Crippen LogP contribution in [0.2, 0.25) is 0 Å². The molecule has 88 valence electrons. The lowest BCUT2D eigenvalue weighted by Gasteiger charge is -2.16. The Bertz CT molecular complexity index is 333. The number of aryl methyl sites for hydroxylation is 1. The van der Waals surface area contributed by atoms with E-state index in [1.165, 1.54) is 18.9 Å². The molecule has 0 saturated heterocycles. The van der Waals surface area contributed by atoms with Crippen LogP contribution in [0.3, 0.4) is 0 Å². The van der Waals surface area contributed by atoms with E-state index < -0.39 is 0 Å². The van der Waals surface area contributed by atoms with Gasteiger partial charge in [0.1, 0.15) is 5.82 Å². The minimum Gasteiger partial charge on any atom is -0.314 e. The standard InChI is InChI=1S/C14H20FN/c1-2-16-14(12-7-8-12)9-6-11-4-3-5-13(15)10-11/h3-5,10,12,14,16H,2,6-9H2,1H3. The van der Waals surface area contributed by atoms with Gasteiger partial charge < -0.3 is 5.32 Å². The first kappa shape index (κ1) is 11.6. The van der Waals surface area contributed by atoms with Crippen LogP contribution in [0, 0.1) is 11.7 Å². The molecule has 0 heterocycles. The van der Waals surface area contributed by atoms with Crippen LogP contribution in [-0.4, -0.2) is 12.6 Å². The highest BCUT2D eigenvalue weighted by molar-refractivity contribution is 5.16. The third-order valence-corrected chi connectivity index (χ3v) is 3.29. The molecule has 1 aliphatic rings. The first-order valence-electron chi connectivity index (χ1n) is 6.27. The van der Waals surface area contributed by atoms with Crippen molar-refractivity contribution >= 4 is 0 Å². The molecule has 0 aliphatic heterocycles. The van der Waals surface area contributed by atoms with Gasteiger partial charge in [-0.25, -0.2) is 4.39 Å². The van der Waals surface area contributed by atoms with Gasteiger partial charge in [0, 0.05) is 6.04 Å². The quantitative estimate of drug-likeness (QED) is 0.778. The predicted molar refractivity (Wildman–Crippen MR) is 64.9 cm³/mol. The second kappa shape index (κ2) is 5.44. The summed E-state index contributed by atoms with van der Waals surface area (Å²) in [4.78, 5) is 0. The highest BCUT2D eigenvalue weighted by atomic mass is 19.1. The van der Waals surface area contributed by atoms with Crippen LogP contribution in [0.1, 0.15) is 31.7 Å². The third-order valence-electron chi connectivity index (χ3n) is 3.29. The molecule has 1 unspecified atom stereocenters. The second-order valence-electron chi connectivity index (χ2n) is 4.67. The highest BCUT2D eigenvalue weighted by Crippen LogP contribution is 2.34. The fourth-order valence-electron chi connectivity index (χ4n) is 2.28. The minimum atomic E-state index is -0.121. The Morgan fingerprint density at radius 2 is 2.25 bits per heavy atom. The smallest absolute Gasteiger partial charge is 0.123 e. The highest BCUT2D eigenvalue weighted by Gasteiger charge is 2.29. The van der Waals surface area contributed by atoms with Crippen molar-refractivity contribution in [2.75, 3.05) is 6.54 Å². The third kappa shape index (κ3) is 3.31. The summed E-state index contributed by atoms with van der Waals surface area (Å²) in [6, 6.07) is 7.60. The first-order chi connectivity index (χ1) is 7.79. The zero-order valence-electron chi connectivity index (χ0n) is 9.88. The van der Waals surface area contributed by atoms with Crippen molar-refractivity contribution in [2.45, 2.75) is 38.6 Å². The van der Waals surface area contributed by atoms with Crippen LogP contribution >= 0.6 is 0 Å². The molecule has 1 fully saturated rings. The zero-order valence-corrected chi connectivity index (χ0v) is 9.88. The van der Waals surface area contributed by atoms with Gasteiger partial charge in [-0.3, -0.25) is 0 Å². The second-order valence-corrected chi connectivity index (χ2v) is 4.67. The number of rotatable bonds is 6. The maximum atomic E-state index is 13.0. The summed E-state index contributed by atoms with van der Waals surface area (Å²) in [5.41, 5.74) is 1.11. The summed E-state index contributed by atoms with van der Waals surface area (Å²) in [6.45, 7) is 3.18. The number of benzene rings is 1. The normalized spacial score (nSPS) is 17.4. The molecule has 1 aliphatic carbocycles. The Morgan fingerprint density at radius 3 is 2.88 bits per heavy atom. The largest absolute Gasteiger partial charge is 0.314 e. The maximum Gasteiger partial charge on any atom is 0.123 e. The Hall–Kier alpha value is -0.890. The molecule has 0 spiro atoms. The van der Waals surface area contributed by atoms with E-state index in [0.717, 1.165) is 30.9 Å². The van der Waals surface area contributed by atoms with E-state index in [1.54, 1.807) is 12.1 Å². The average molecular weight is 221 g/mol. The SMILES string of the molecule is CCNC(CCc1cccc(F)c1)C1CC1. The van der Waals surface area contributed by atoms with Gasteiger partial charge in [-0.15, -0.1) is 0 Å². The number of hydrogen-bond donors (Lipinski definition) is 1. The maximum absolute atomic E-state index is 13.0. The van der Waals surface area contributed by atoms with Gasteiger partial charge in [0.2, 0.25) is 0 Å². The average Bonchev–Trinajstić information content (AvgIpc) is 3.08. The molecule has 1 aromatic carbocycles. The molecule has 1 nitrogen and oxygen atoms in total. The molecule has 2 heteroatoms. The Kier molecular flexibility index (Phi) is 3.94. The van der Waals surface area contributed by atoms with Gasteiger partial charge in [0.25, 0.3) is 0 Å². The van der Waals surface area contributed by atoms with E-state index in [2.05, 4.69) is 12.2 Å². The van der Waals surface area contributed by atoms with Gasteiger partial charge in [0.05, 0.1) is 0 Å². The lowest BCUT2D eigenvalue weighted by Crippen LogP contribution is -2.31. The van der Waals surface area contributed by atoms with Gasteiger partial charge in [-0.2, -0.15) is 0 Å². The lowest BCUT2D eigenvalue weighted by atomic mass is 10.0. The van der Waals surface area contributed by atoms with Crippen LogP contribution in [0.4, 0.5) is 4.39 Å². The molecule has 1 aromatic rings. The summed E-state index contributed by atoms with van der Waals surface area (Å²) in [7, 11) is 0. The molecule has 2 rings (SSSR count). The van der Waals surface area contributed by atoms with Crippen molar-refractivity contribution in [2.24, 2.45) is 5.92 Å². The Morgan fingerprint density at radius 1 is 1.44 bits per heavy atom. The van der Waals surface area contributed by atoms with Crippen molar-refractivity contribution in [1.82, 2.24) is 5.32 Å². The number of halogens is 1. The van der Waals surface area contributed by atoms with Crippen molar-refractivity contribution in [1.29, 1.82) is 0 Å². The summed E-state index contributed by atoms with van der Waals surface area (Å²) in [5, 5.41) is 3.54. The van der Waals surface area contributed by atoms with Crippen LogP contribution in [-0.2, 0) is 6.42 Å². The van der Waals surface area contributed by atoms with Crippen LogP contribution < -0.4 is 5.32 Å². The van der Waals surface area contributed by atoms with E-state index >= 15 is 0 Å². The topological polar surface area (TPSA) is 12.0 Å². The molecule has 1 N–H and O–H groups in total. The van der Waals surface area contributed by atoms with Crippen molar-refractivity contribution in [3.63, 3.8) is 0 Å².